The SMILES string of the molecule is CNC(c1cc2ccccc2o1)C1CCC(C)(C)CC1. The quantitative estimate of drug-likeness (QED) is 0.858. The first-order valence-corrected chi connectivity index (χ1v) is 7.75. The highest BCUT2D eigenvalue weighted by molar-refractivity contribution is 5.77. The Morgan fingerprint density at radius 3 is 2.55 bits per heavy atom. The average Bonchev–Trinajstić information content (AvgIpc) is 2.85. The Morgan fingerprint density at radius 2 is 1.90 bits per heavy atom. The molecule has 1 heterocycles. The average molecular weight is 271 g/mol. The molecule has 108 valence electrons. The van der Waals surface area contributed by atoms with Crippen LogP contribution in [0.5, 0.6) is 0 Å². The van der Waals surface area contributed by atoms with Crippen molar-refractivity contribution in [2.75, 3.05) is 7.05 Å². The summed E-state index contributed by atoms with van der Waals surface area (Å²) in [5, 5.41) is 4.69. The summed E-state index contributed by atoms with van der Waals surface area (Å²) in [5.74, 6) is 1.78. The minimum atomic E-state index is 0.346. The van der Waals surface area contributed by atoms with Crippen LogP contribution >= 0.6 is 0 Å². The highest BCUT2D eigenvalue weighted by atomic mass is 16.3. The number of hydrogen-bond acceptors (Lipinski definition) is 2. The lowest BCUT2D eigenvalue weighted by atomic mass is 9.71. The minimum Gasteiger partial charge on any atom is -0.459 e. The molecular formula is C18H25NO. The summed E-state index contributed by atoms with van der Waals surface area (Å²) in [6.45, 7) is 4.78. The van der Waals surface area contributed by atoms with Crippen molar-refractivity contribution in [1.82, 2.24) is 5.32 Å². The normalized spacial score (nSPS) is 21.1. The van der Waals surface area contributed by atoms with E-state index in [0.29, 0.717) is 17.4 Å². The van der Waals surface area contributed by atoms with Crippen LogP contribution < -0.4 is 5.32 Å². The second-order valence-corrected chi connectivity index (χ2v) is 6.95. The summed E-state index contributed by atoms with van der Waals surface area (Å²) in [5.41, 5.74) is 1.52. The van der Waals surface area contributed by atoms with Crippen molar-refractivity contribution < 1.29 is 4.42 Å². The fourth-order valence-corrected chi connectivity index (χ4v) is 3.52. The molecule has 3 rings (SSSR count). The van der Waals surface area contributed by atoms with Gasteiger partial charge in [0.25, 0.3) is 0 Å². The number of para-hydroxylation sites is 1. The van der Waals surface area contributed by atoms with E-state index in [1.165, 1.54) is 31.1 Å². The zero-order valence-electron chi connectivity index (χ0n) is 12.8. The van der Waals surface area contributed by atoms with E-state index in [2.05, 4.69) is 50.5 Å². The van der Waals surface area contributed by atoms with Crippen molar-refractivity contribution in [3.8, 4) is 0 Å². The monoisotopic (exact) mass is 271 g/mol. The van der Waals surface area contributed by atoms with E-state index in [4.69, 9.17) is 4.42 Å². The molecule has 1 saturated carbocycles. The Labute approximate surface area is 121 Å². The molecule has 1 atom stereocenters. The fraction of sp³-hybridized carbons (Fsp3) is 0.556. The van der Waals surface area contributed by atoms with Crippen molar-refractivity contribution in [2.45, 2.75) is 45.6 Å². The Morgan fingerprint density at radius 1 is 1.20 bits per heavy atom. The van der Waals surface area contributed by atoms with Crippen LogP contribution in [0.2, 0.25) is 0 Å². The van der Waals surface area contributed by atoms with Crippen LogP contribution in [0.4, 0.5) is 0 Å². The lowest BCUT2D eigenvalue weighted by molar-refractivity contribution is 0.156. The van der Waals surface area contributed by atoms with Gasteiger partial charge in [-0.2, -0.15) is 0 Å². The third-order valence-corrected chi connectivity index (χ3v) is 4.92. The predicted molar refractivity (Wildman–Crippen MR) is 83.8 cm³/mol. The van der Waals surface area contributed by atoms with Crippen LogP contribution in [-0.2, 0) is 0 Å². The van der Waals surface area contributed by atoms with Gasteiger partial charge in [0.15, 0.2) is 0 Å². The van der Waals surface area contributed by atoms with Gasteiger partial charge in [-0.3, -0.25) is 0 Å². The summed E-state index contributed by atoms with van der Waals surface area (Å²) >= 11 is 0. The fourth-order valence-electron chi connectivity index (χ4n) is 3.52. The molecule has 1 aliphatic rings. The molecule has 20 heavy (non-hydrogen) atoms. The van der Waals surface area contributed by atoms with Crippen LogP contribution in [0.1, 0.15) is 51.3 Å². The van der Waals surface area contributed by atoms with E-state index < -0.39 is 0 Å². The first-order chi connectivity index (χ1) is 9.59. The van der Waals surface area contributed by atoms with E-state index >= 15 is 0 Å². The van der Waals surface area contributed by atoms with Crippen molar-refractivity contribution in [2.24, 2.45) is 11.3 Å². The molecule has 1 aromatic heterocycles. The van der Waals surface area contributed by atoms with Crippen molar-refractivity contribution >= 4 is 11.0 Å². The topological polar surface area (TPSA) is 25.2 Å². The Hall–Kier alpha value is -1.28. The van der Waals surface area contributed by atoms with Crippen LogP contribution in [0.25, 0.3) is 11.0 Å². The van der Waals surface area contributed by atoms with Gasteiger partial charge in [0, 0.05) is 5.39 Å². The molecule has 0 saturated heterocycles. The first kappa shape index (κ1) is 13.7. The van der Waals surface area contributed by atoms with Gasteiger partial charge in [-0.1, -0.05) is 32.0 Å². The molecule has 2 aromatic rings. The number of rotatable bonds is 3. The number of hydrogen-bond donors (Lipinski definition) is 1. The van der Waals surface area contributed by atoms with E-state index in [9.17, 15) is 0 Å². The number of nitrogens with one attached hydrogen (secondary N) is 1. The zero-order chi connectivity index (χ0) is 14.2. The van der Waals surface area contributed by atoms with Gasteiger partial charge in [0.2, 0.25) is 0 Å². The van der Waals surface area contributed by atoms with Gasteiger partial charge < -0.3 is 9.73 Å². The van der Waals surface area contributed by atoms with Crippen molar-refractivity contribution in [3.05, 3.63) is 36.1 Å². The Balaban J connectivity index is 1.82. The lowest BCUT2D eigenvalue weighted by Crippen LogP contribution is -2.30. The summed E-state index contributed by atoms with van der Waals surface area (Å²) < 4.78 is 6.06. The third-order valence-electron chi connectivity index (χ3n) is 4.92. The molecule has 2 nitrogen and oxygen atoms in total. The van der Waals surface area contributed by atoms with Gasteiger partial charge in [0.1, 0.15) is 11.3 Å². The summed E-state index contributed by atoms with van der Waals surface area (Å²) in [6.07, 6.45) is 5.21. The predicted octanol–water partition coefficient (Wildman–Crippen LogP) is 4.91. The molecule has 0 bridgehead atoms. The van der Waals surface area contributed by atoms with Gasteiger partial charge in [0.05, 0.1) is 6.04 Å². The van der Waals surface area contributed by atoms with Crippen LogP contribution in [0.15, 0.2) is 34.7 Å². The van der Waals surface area contributed by atoms with Gasteiger partial charge in [-0.05, 0) is 56.2 Å². The lowest BCUT2D eigenvalue weighted by Gasteiger charge is -2.37. The van der Waals surface area contributed by atoms with Gasteiger partial charge in [-0.15, -0.1) is 0 Å². The van der Waals surface area contributed by atoms with Gasteiger partial charge >= 0.3 is 0 Å². The first-order valence-electron chi connectivity index (χ1n) is 7.75. The standard InChI is InChI=1S/C18H25NO/c1-18(2)10-8-13(9-11-18)17(19-3)16-12-14-6-4-5-7-15(14)20-16/h4-7,12-13,17,19H,8-11H2,1-3H3. The summed E-state index contributed by atoms with van der Waals surface area (Å²) in [7, 11) is 2.05. The largest absolute Gasteiger partial charge is 0.459 e. The molecular weight excluding hydrogens is 246 g/mol. The maximum atomic E-state index is 6.06. The third kappa shape index (κ3) is 2.62. The second kappa shape index (κ2) is 5.25. The van der Waals surface area contributed by atoms with Crippen LogP contribution in [0, 0.1) is 11.3 Å². The summed E-state index contributed by atoms with van der Waals surface area (Å²) in [6, 6.07) is 10.8. The van der Waals surface area contributed by atoms with Crippen molar-refractivity contribution in [1.29, 1.82) is 0 Å². The van der Waals surface area contributed by atoms with Crippen LogP contribution in [-0.4, -0.2) is 7.05 Å². The van der Waals surface area contributed by atoms with Gasteiger partial charge in [-0.25, -0.2) is 0 Å². The van der Waals surface area contributed by atoms with E-state index in [0.717, 1.165) is 11.3 Å². The maximum Gasteiger partial charge on any atom is 0.134 e. The summed E-state index contributed by atoms with van der Waals surface area (Å²) in [4.78, 5) is 0. The molecule has 0 amide bonds. The minimum absolute atomic E-state index is 0.346. The Bertz CT molecular complexity index is 541. The number of fused-ring (bicyclic) bond motifs is 1. The molecule has 1 unspecified atom stereocenters. The molecule has 0 spiro atoms. The van der Waals surface area contributed by atoms with Crippen molar-refractivity contribution in [3.63, 3.8) is 0 Å². The molecule has 1 aliphatic carbocycles. The molecule has 1 N–H and O–H groups in total. The maximum absolute atomic E-state index is 6.06. The Kier molecular flexibility index (Phi) is 3.59. The van der Waals surface area contributed by atoms with E-state index in [1.807, 2.05) is 6.07 Å². The molecule has 1 aromatic carbocycles. The molecule has 0 aliphatic heterocycles. The molecule has 0 radical (unpaired) electrons. The molecule has 1 fully saturated rings. The van der Waals surface area contributed by atoms with E-state index in [1.54, 1.807) is 0 Å². The second-order valence-electron chi connectivity index (χ2n) is 6.95. The smallest absolute Gasteiger partial charge is 0.134 e. The number of furan rings is 1. The van der Waals surface area contributed by atoms with Crippen LogP contribution in [0.3, 0.4) is 0 Å². The molecule has 2 heteroatoms. The van der Waals surface area contributed by atoms with E-state index in [-0.39, 0.29) is 0 Å². The highest BCUT2D eigenvalue weighted by Gasteiger charge is 2.32. The zero-order valence-corrected chi connectivity index (χ0v) is 12.8. The number of benzene rings is 1. The highest BCUT2D eigenvalue weighted by Crippen LogP contribution is 2.43.